The predicted molar refractivity (Wildman–Crippen MR) is 116 cm³/mol. The van der Waals surface area contributed by atoms with Gasteiger partial charge in [0.15, 0.2) is 0 Å². The number of phenolic OH excluding ortho intramolecular Hbond substituents is 1. The first-order valence-corrected chi connectivity index (χ1v) is 9.97. The molecule has 1 N–H and O–H groups in total. The van der Waals surface area contributed by atoms with Crippen LogP contribution in [0.2, 0.25) is 5.02 Å². The van der Waals surface area contributed by atoms with Crippen molar-refractivity contribution < 1.29 is 9.84 Å². The number of hydrogen-bond acceptors (Lipinski definition) is 5. The summed E-state index contributed by atoms with van der Waals surface area (Å²) < 4.78 is 7.48. The van der Waals surface area contributed by atoms with Crippen LogP contribution in [0.15, 0.2) is 48.9 Å². The molecular weight excluding hydrogens is 388 g/mol. The number of methoxy groups -OCH3 is 1. The summed E-state index contributed by atoms with van der Waals surface area (Å²) in [7, 11) is 3.80. The lowest BCUT2D eigenvalue weighted by molar-refractivity contribution is 0.0336. The average molecular weight is 415 g/mol. The molecule has 6 nitrogen and oxygen atoms in total. The van der Waals surface area contributed by atoms with Gasteiger partial charge in [0.2, 0.25) is 0 Å². The number of likely N-dealkylation sites (N-methyl/N-ethyl adjacent to an activating group) is 1. The third kappa shape index (κ3) is 4.29. The molecule has 0 saturated carbocycles. The lowest BCUT2D eigenvalue weighted by atomic mass is 10.1. The summed E-state index contributed by atoms with van der Waals surface area (Å²) in [5.74, 6) is 0.880. The van der Waals surface area contributed by atoms with Gasteiger partial charge >= 0.3 is 0 Å². The Kier molecular flexibility index (Phi) is 6.57. The third-order valence-electron chi connectivity index (χ3n) is 5.53. The molecule has 0 radical (unpaired) electrons. The first-order valence-electron chi connectivity index (χ1n) is 9.60. The predicted octanol–water partition coefficient (Wildman–Crippen LogP) is 4.63. The zero-order valence-corrected chi connectivity index (χ0v) is 18.0. The molecule has 7 heteroatoms. The van der Waals surface area contributed by atoms with Gasteiger partial charge in [-0.2, -0.15) is 0 Å². The van der Waals surface area contributed by atoms with E-state index in [1.165, 1.54) is 0 Å². The Balaban J connectivity index is 2.15. The maximum atomic E-state index is 10.0. The Hall–Kier alpha value is -2.41. The zero-order chi connectivity index (χ0) is 21.0. The molecule has 3 aromatic rings. The number of pyridine rings is 1. The van der Waals surface area contributed by atoms with Gasteiger partial charge in [0.05, 0.1) is 23.0 Å². The smallest absolute Gasteiger partial charge is 0.142 e. The highest BCUT2D eigenvalue weighted by atomic mass is 35.5. The molecule has 0 aliphatic heterocycles. The minimum Gasteiger partial charge on any atom is -0.506 e. The van der Waals surface area contributed by atoms with Crippen molar-refractivity contribution in [1.29, 1.82) is 0 Å². The Morgan fingerprint density at radius 1 is 1.21 bits per heavy atom. The molecule has 0 amide bonds. The number of halogens is 1. The largest absolute Gasteiger partial charge is 0.506 e. The number of aromatic nitrogens is 3. The van der Waals surface area contributed by atoms with Crippen molar-refractivity contribution in [3.8, 4) is 28.4 Å². The Bertz CT molecular complexity index is 961. The summed E-state index contributed by atoms with van der Waals surface area (Å²) in [6, 6.07) is 9.09. The van der Waals surface area contributed by atoms with Crippen molar-refractivity contribution in [3.63, 3.8) is 0 Å². The lowest BCUT2D eigenvalue weighted by Crippen LogP contribution is -2.47. The molecule has 0 saturated heterocycles. The highest BCUT2D eigenvalue weighted by Gasteiger charge is 2.32. The lowest BCUT2D eigenvalue weighted by Gasteiger charge is -2.40. The summed E-state index contributed by atoms with van der Waals surface area (Å²) in [6.45, 7) is 5.78. The first-order chi connectivity index (χ1) is 13.9. The van der Waals surface area contributed by atoms with Crippen LogP contribution < -0.4 is 0 Å². The van der Waals surface area contributed by atoms with Crippen LogP contribution in [0.4, 0.5) is 0 Å². The topological polar surface area (TPSA) is 63.4 Å². The third-order valence-corrected chi connectivity index (χ3v) is 5.85. The normalized spacial score (nSPS) is 13.6. The van der Waals surface area contributed by atoms with Crippen LogP contribution in [-0.4, -0.2) is 51.9 Å². The van der Waals surface area contributed by atoms with E-state index in [1.54, 1.807) is 31.6 Å². The molecule has 1 atom stereocenters. The summed E-state index contributed by atoms with van der Waals surface area (Å²) >= 11 is 5.98. The SMILES string of the molecule is CCC(C)(N(C)CCOC)n1cc(-c2ccc(Cl)c(O)c2)nc1-c1ccncc1. The number of phenols is 1. The van der Waals surface area contributed by atoms with Gasteiger partial charge in [-0.1, -0.05) is 24.6 Å². The van der Waals surface area contributed by atoms with Crippen LogP contribution in [-0.2, 0) is 10.4 Å². The van der Waals surface area contributed by atoms with Crippen molar-refractivity contribution in [2.45, 2.75) is 25.9 Å². The van der Waals surface area contributed by atoms with Crippen LogP contribution in [0.3, 0.4) is 0 Å². The molecule has 0 aliphatic rings. The van der Waals surface area contributed by atoms with Crippen LogP contribution in [0.5, 0.6) is 5.75 Å². The van der Waals surface area contributed by atoms with Crippen molar-refractivity contribution in [1.82, 2.24) is 19.4 Å². The number of benzene rings is 1. The van der Waals surface area contributed by atoms with Gasteiger partial charge in [-0.25, -0.2) is 4.98 Å². The average Bonchev–Trinajstić information content (AvgIpc) is 3.20. The minimum atomic E-state index is -0.323. The van der Waals surface area contributed by atoms with E-state index in [0.29, 0.717) is 11.6 Å². The standard InChI is InChI=1S/C22H27ClN4O2/c1-5-22(2,26(3)12-13-29-4)27-15-19(17-6-7-18(23)20(28)14-17)25-21(27)16-8-10-24-11-9-16/h6-11,14-15,28H,5,12-13H2,1-4H3. The van der Waals surface area contributed by atoms with Crippen molar-refractivity contribution in [2.24, 2.45) is 0 Å². The highest BCUT2D eigenvalue weighted by Crippen LogP contribution is 2.35. The maximum Gasteiger partial charge on any atom is 0.142 e. The van der Waals surface area contributed by atoms with E-state index in [1.807, 2.05) is 24.4 Å². The van der Waals surface area contributed by atoms with E-state index in [4.69, 9.17) is 21.3 Å². The molecule has 0 bridgehead atoms. The number of ether oxygens (including phenoxy) is 1. The van der Waals surface area contributed by atoms with E-state index in [0.717, 1.165) is 35.6 Å². The Morgan fingerprint density at radius 2 is 1.93 bits per heavy atom. The van der Waals surface area contributed by atoms with Crippen LogP contribution in [0, 0.1) is 0 Å². The number of hydrogen-bond donors (Lipinski definition) is 1. The molecule has 0 spiro atoms. The summed E-state index contributed by atoms with van der Waals surface area (Å²) in [6.07, 6.45) is 6.43. The fourth-order valence-electron chi connectivity index (χ4n) is 3.36. The van der Waals surface area contributed by atoms with Crippen LogP contribution in [0.25, 0.3) is 22.6 Å². The van der Waals surface area contributed by atoms with Crippen LogP contribution >= 0.6 is 11.6 Å². The summed E-state index contributed by atoms with van der Waals surface area (Å²) in [5, 5.41) is 10.4. The fraction of sp³-hybridized carbons (Fsp3) is 0.364. The molecule has 1 unspecified atom stereocenters. The molecular formula is C22H27ClN4O2. The van der Waals surface area contributed by atoms with Gasteiger partial charge in [0, 0.05) is 43.4 Å². The number of imidazole rings is 1. The van der Waals surface area contributed by atoms with Gasteiger partial charge in [0.25, 0.3) is 0 Å². The zero-order valence-electron chi connectivity index (χ0n) is 17.3. The second kappa shape index (κ2) is 8.95. The monoisotopic (exact) mass is 414 g/mol. The second-order valence-corrected chi connectivity index (χ2v) is 7.61. The van der Waals surface area contributed by atoms with Gasteiger partial charge in [-0.05, 0) is 44.7 Å². The second-order valence-electron chi connectivity index (χ2n) is 7.21. The van der Waals surface area contributed by atoms with Crippen molar-refractivity contribution in [3.05, 3.63) is 53.9 Å². The molecule has 1 aromatic carbocycles. The van der Waals surface area contributed by atoms with Gasteiger partial charge in [-0.3, -0.25) is 9.88 Å². The number of rotatable bonds is 8. The molecule has 154 valence electrons. The van der Waals surface area contributed by atoms with Crippen molar-refractivity contribution >= 4 is 11.6 Å². The molecule has 2 heterocycles. The molecule has 3 rings (SSSR count). The van der Waals surface area contributed by atoms with Gasteiger partial charge in [-0.15, -0.1) is 0 Å². The summed E-state index contributed by atoms with van der Waals surface area (Å²) in [5.41, 5.74) is 2.23. The Morgan fingerprint density at radius 3 is 2.55 bits per heavy atom. The minimum absolute atomic E-state index is 0.0413. The van der Waals surface area contributed by atoms with E-state index >= 15 is 0 Å². The quantitative estimate of drug-likeness (QED) is 0.582. The van der Waals surface area contributed by atoms with Crippen molar-refractivity contribution in [2.75, 3.05) is 27.3 Å². The molecule has 2 aromatic heterocycles. The highest BCUT2D eigenvalue weighted by molar-refractivity contribution is 6.32. The maximum absolute atomic E-state index is 10.0. The molecule has 0 fully saturated rings. The van der Waals surface area contributed by atoms with Gasteiger partial charge in [0.1, 0.15) is 11.6 Å². The fourth-order valence-corrected chi connectivity index (χ4v) is 3.47. The summed E-state index contributed by atoms with van der Waals surface area (Å²) in [4.78, 5) is 11.3. The van der Waals surface area contributed by atoms with E-state index in [-0.39, 0.29) is 11.4 Å². The number of aromatic hydroxyl groups is 1. The van der Waals surface area contributed by atoms with E-state index in [9.17, 15) is 5.11 Å². The van der Waals surface area contributed by atoms with E-state index < -0.39 is 0 Å². The first kappa shape index (κ1) is 21.3. The Labute approximate surface area is 176 Å². The van der Waals surface area contributed by atoms with Crippen LogP contribution in [0.1, 0.15) is 20.3 Å². The number of nitrogens with zero attached hydrogens (tertiary/aromatic N) is 4. The van der Waals surface area contributed by atoms with E-state index in [2.05, 4.69) is 35.3 Å². The molecule has 29 heavy (non-hydrogen) atoms. The van der Waals surface area contributed by atoms with Gasteiger partial charge < -0.3 is 14.4 Å². The molecule has 0 aliphatic carbocycles.